The van der Waals surface area contributed by atoms with E-state index in [1.165, 1.54) is 11.8 Å². The molecule has 182 valence electrons. The van der Waals surface area contributed by atoms with Crippen LogP contribution in [0.5, 0.6) is 5.75 Å². The molecule has 34 heavy (non-hydrogen) atoms. The van der Waals surface area contributed by atoms with Gasteiger partial charge in [0.05, 0.1) is 29.2 Å². The molecule has 2 aromatic carbocycles. The Labute approximate surface area is 205 Å². The van der Waals surface area contributed by atoms with Gasteiger partial charge >= 0.3 is 0 Å². The van der Waals surface area contributed by atoms with Gasteiger partial charge in [-0.2, -0.15) is 5.10 Å². The van der Waals surface area contributed by atoms with Gasteiger partial charge in [0, 0.05) is 12.7 Å². The minimum atomic E-state index is -4.09. The zero-order valence-corrected chi connectivity index (χ0v) is 21.7. The van der Waals surface area contributed by atoms with Gasteiger partial charge < -0.3 is 10.1 Å². The summed E-state index contributed by atoms with van der Waals surface area (Å²) in [7, 11) is -0.912. The topological polar surface area (TPSA) is 93.5 Å². The fourth-order valence-electron chi connectivity index (χ4n) is 3.65. The Morgan fingerprint density at radius 1 is 1.18 bits per heavy atom. The minimum Gasteiger partial charge on any atom is -0.495 e. The number of carbonyl (C=O) groups is 1. The smallest absolute Gasteiger partial charge is 0.268 e. The number of nitrogens with one attached hydrogen (secondary N) is 1. The molecule has 0 fully saturated rings. The molecule has 0 radical (unpaired) electrons. The van der Waals surface area contributed by atoms with Crippen LogP contribution in [0.25, 0.3) is 0 Å². The molecule has 1 N–H and O–H groups in total. The van der Waals surface area contributed by atoms with E-state index < -0.39 is 22.5 Å². The van der Waals surface area contributed by atoms with E-state index in [-0.39, 0.29) is 10.8 Å². The molecule has 10 heteroatoms. The molecule has 3 aromatic rings. The lowest BCUT2D eigenvalue weighted by molar-refractivity contribution is -0.114. The summed E-state index contributed by atoms with van der Waals surface area (Å²) in [6, 6.07) is 12.0. The lowest BCUT2D eigenvalue weighted by Crippen LogP contribution is -2.38. The first-order chi connectivity index (χ1) is 15.9. The predicted molar refractivity (Wildman–Crippen MR) is 134 cm³/mol. The molecule has 3 rings (SSSR count). The quantitative estimate of drug-likeness (QED) is 0.481. The van der Waals surface area contributed by atoms with Crippen LogP contribution in [0.4, 0.5) is 11.4 Å². The van der Waals surface area contributed by atoms with Crippen molar-refractivity contribution < 1.29 is 17.9 Å². The second-order valence-corrected chi connectivity index (χ2v) is 10.5. The van der Waals surface area contributed by atoms with Gasteiger partial charge in [0.25, 0.3) is 10.0 Å². The Morgan fingerprint density at radius 2 is 1.82 bits per heavy atom. The molecule has 0 aliphatic rings. The molecule has 0 bridgehead atoms. The summed E-state index contributed by atoms with van der Waals surface area (Å²) < 4.78 is 35.3. The molecule has 1 aromatic heterocycles. The number of halogens is 1. The van der Waals surface area contributed by atoms with Crippen molar-refractivity contribution >= 4 is 38.9 Å². The number of aromatic nitrogens is 2. The van der Waals surface area contributed by atoms with Crippen molar-refractivity contribution in [3.05, 3.63) is 64.4 Å². The number of rotatable bonds is 8. The van der Waals surface area contributed by atoms with Crippen LogP contribution in [-0.4, -0.2) is 37.8 Å². The van der Waals surface area contributed by atoms with Crippen LogP contribution in [0, 0.1) is 13.8 Å². The van der Waals surface area contributed by atoms with E-state index >= 15 is 0 Å². The van der Waals surface area contributed by atoms with Crippen LogP contribution in [0.15, 0.2) is 47.4 Å². The maximum Gasteiger partial charge on any atom is 0.268 e. The second kappa shape index (κ2) is 10.1. The Morgan fingerprint density at radius 3 is 2.32 bits per heavy atom. The fraction of sp³-hybridized carbons (Fsp3) is 0.333. The van der Waals surface area contributed by atoms with Gasteiger partial charge in [0.15, 0.2) is 0 Å². The van der Waals surface area contributed by atoms with Crippen molar-refractivity contribution in [3.63, 3.8) is 0 Å². The molecule has 0 spiro atoms. The number of benzene rings is 2. The Hall–Kier alpha value is -3.04. The van der Waals surface area contributed by atoms with Gasteiger partial charge in [-0.3, -0.25) is 13.8 Å². The zero-order valence-electron chi connectivity index (χ0n) is 20.1. The molecular weight excluding hydrogens is 476 g/mol. The molecule has 0 aliphatic heterocycles. The third-order valence-electron chi connectivity index (χ3n) is 5.56. The first-order valence-corrected chi connectivity index (χ1v) is 12.5. The highest BCUT2D eigenvalue weighted by Crippen LogP contribution is 2.30. The first kappa shape index (κ1) is 25.6. The van der Waals surface area contributed by atoms with E-state index in [1.54, 1.807) is 51.2 Å². The van der Waals surface area contributed by atoms with Crippen LogP contribution in [0.1, 0.15) is 36.7 Å². The molecular formula is C24H29ClN4O4S. The Bertz CT molecular complexity index is 1300. The highest BCUT2D eigenvalue weighted by molar-refractivity contribution is 7.93. The van der Waals surface area contributed by atoms with Crippen LogP contribution < -0.4 is 14.4 Å². The third kappa shape index (κ3) is 5.20. The molecule has 0 saturated carbocycles. The maximum atomic E-state index is 13.8. The molecule has 0 atom stereocenters. The average molecular weight is 505 g/mol. The van der Waals surface area contributed by atoms with E-state index in [9.17, 15) is 13.2 Å². The largest absolute Gasteiger partial charge is 0.495 e. The number of ether oxygens (including phenoxy) is 1. The predicted octanol–water partition coefficient (Wildman–Crippen LogP) is 4.66. The normalized spacial score (nSPS) is 11.5. The van der Waals surface area contributed by atoms with E-state index in [0.29, 0.717) is 33.5 Å². The molecule has 1 amide bonds. The molecule has 1 heterocycles. The summed E-state index contributed by atoms with van der Waals surface area (Å²) >= 11 is 6.15. The minimum absolute atomic E-state index is 0.0863. The number of carbonyl (C=O) groups excluding carboxylic acids is 1. The summed E-state index contributed by atoms with van der Waals surface area (Å²) in [6.07, 6.45) is 0. The van der Waals surface area contributed by atoms with Crippen molar-refractivity contribution in [3.8, 4) is 5.75 Å². The van der Waals surface area contributed by atoms with Gasteiger partial charge in [0.1, 0.15) is 17.2 Å². The summed E-state index contributed by atoms with van der Waals surface area (Å²) in [5, 5.41) is 7.29. The van der Waals surface area contributed by atoms with Crippen molar-refractivity contribution in [2.24, 2.45) is 7.05 Å². The standard InChI is InChI=1S/C24H29ClN4O4S/c1-15(2)18-7-10-20(11-8-18)29(34(31,32)24-16(3)27-28(5)17(24)4)14-23(30)26-19-9-12-22(33-6)21(25)13-19/h7-13,15H,14H2,1-6H3,(H,26,30). The SMILES string of the molecule is COc1ccc(NC(=O)CN(c2ccc(C(C)C)cc2)S(=O)(=O)c2c(C)nn(C)c2C)cc1Cl. The lowest BCUT2D eigenvalue weighted by atomic mass is 10.0. The molecule has 8 nitrogen and oxygen atoms in total. The van der Waals surface area contributed by atoms with Crippen LogP contribution >= 0.6 is 11.6 Å². The number of methoxy groups -OCH3 is 1. The molecule has 0 saturated heterocycles. The van der Waals surface area contributed by atoms with Crippen molar-refractivity contribution in [2.75, 3.05) is 23.3 Å². The number of aryl methyl sites for hydroxylation is 2. The van der Waals surface area contributed by atoms with Gasteiger partial charge in [-0.1, -0.05) is 37.6 Å². The summed E-state index contributed by atoms with van der Waals surface area (Å²) in [5.74, 6) is 0.235. The van der Waals surface area contributed by atoms with Crippen molar-refractivity contribution in [1.82, 2.24) is 9.78 Å². The molecule has 0 unspecified atom stereocenters. The van der Waals surface area contributed by atoms with Crippen LogP contribution in [-0.2, 0) is 21.9 Å². The Kier molecular flexibility index (Phi) is 7.57. The summed E-state index contributed by atoms with van der Waals surface area (Å²) in [6.45, 7) is 7.01. The number of hydrogen-bond acceptors (Lipinski definition) is 5. The number of hydrogen-bond donors (Lipinski definition) is 1. The highest BCUT2D eigenvalue weighted by Gasteiger charge is 2.32. The van der Waals surface area contributed by atoms with E-state index in [1.807, 2.05) is 12.1 Å². The fourth-order valence-corrected chi connectivity index (χ4v) is 5.74. The highest BCUT2D eigenvalue weighted by atomic mass is 35.5. The average Bonchev–Trinajstić information content (AvgIpc) is 3.04. The van der Waals surface area contributed by atoms with Gasteiger partial charge in [0.2, 0.25) is 5.91 Å². The van der Waals surface area contributed by atoms with Crippen LogP contribution in [0.3, 0.4) is 0 Å². The number of anilines is 2. The molecule has 0 aliphatic carbocycles. The van der Waals surface area contributed by atoms with Gasteiger partial charge in [-0.05, 0) is 55.7 Å². The number of sulfonamides is 1. The first-order valence-electron chi connectivity index (χ1n) is 10.7. The van der Waals surface area contributed by atoms with Gasteiger partial charge in [-0.15, -0.1) is 0 Å². The number of amides is 1. The summed E-state index contributed by atoms with van der Waals surface area (Å²) in [4.78, 5) is 13.1. The van der Waals surface area contributed by atoms with Crippen molar-refractivity contribution in [1.29, 1.82) is 0 Å². The lowest BCUT2D eigenvalue weighted by Gasteiger charge is -2.25. The summed E-state index contributed by atoms with van der Waals surface area (Å²) in [5.41, 5.74) is 2.73. The van der Waals surface area contributed by atoms with Crippen LogP contribution in [0.2, 0.25) is 5.02 Å². The third-order valence-corrected chi connectivity index (χ3v) is 7.88. The van der Waals surface area contributed by atoms with E-state index in [4.69, 9.17) is 16.3 Å². The van der Waals surface area contributed by atoms with E-state index in [2.05, 4.69) is 24.3 Å². The second-order valence-electron chi connectivity index (χ2n) is 8.28. The maximum absolute atomic E-state index is 13.8. The van der Waals surface area contributed by atoms with Gasteiger partial charge in [-0.25, -0.2) is 8.42 Å². The Balaban J connectivity index is 1.99. The monoisotopic (exact) mass is 504 g/mol. The zero-order chi connectivity index (χ0) is 25.2. The van der Waals surface area contributed by atoms with E-state index in [0.717, 1.165) is 9.87 Å². The van der Waals surface area contributed by atoms with Crippen molar-refractivity contribution in [2.45, 2.75) is 38.5 Å². The number of nitrogens with zero attached hydrogens (tertiary/aromatic N) is 3.